The maximum atomic E-state index is 11.6. The number of carbonyl (C=O) groups is 1. The van der Waals surface area contributed by atoms with E-state index in [4.69, 9.17) is 10.5 Å². The Bertz CT molecular complexity index is 756. The zero-order valence-corrected chi connectivity index (χ0v) is 13.6. The summed E-state index contributed by atoms with van der Waals surface area (Å²) >= 11 is 0. The number of ether oxygens (including phenoxy) is 1. The minimum atomic E-state index is -0.557. The van der Waals surface area contributed by atoms with Crippen LogP contribution in [-0.2, 0) is 0 Å². The molecular formula is C18H20N4O2. The van der Waals surface area contributed by atoms with Gasteiger partial charge in [0.1, 0.15) is 11.4 Å². The molecule has 24 heavy (non-hydrogen) atoms. The van der Waals surface area contributed by atoms with Crippen LogP contribution in [0.15, 0.2) is 42.5 Å². The first-order chi connectivity index (χ1) is 11.7. The van der Waals surface area contributed by atoms with E-state index in [1.807, 2.05) is 36.1 Å². The van der Waals surface area contributed by atoms with Crippen molar-refractivity contribution >= 4 is 11.9 Å². The highest BCUT2D eigenvalue weighted by molar-refractivity contribution is 5.92. The number of anilines is 1. The molecule has 0 bridgehead atoms. The molecule has 2 heterocycles. The number of aromatic nitrogens is 2. The summed E-state index contributed by atoms with van der Waals surface area (Å²) in [7, 11) is 0. The fraction of sp³-hybridized carbons (Fsp3) is 0.278. The number of nitrogens with zero attached hydrogens (tertiary/aromatic N) is 3. The molecule has 0 radical (unpaired) electrons. The van der Waals surface area contributed by atoms with Crippen LogP contribution in [-0.4, -0.2) is 35.6 Å². The number of rotatable bonds is 5. The van der Waals surface area contributed by atoms with Crippen molar-refractivity contribution in [2.45, 2.75) is 13.3 Å². The van der Waals surface area contributed by atoms with Gasteiger partial charge in [-0.15, -0.1) is 0 Å². The Labute approximate surface area is 141 Å². The van der Waals surface area contributed by atoms with Gasteiger partial charge in [-0.2, -0.15) is 0 Å². The Morgan fingerprint density at radius 1 is 1.25 bits per heavy atom. The average molecular weight is 324 g/mol. The normalized spacial score (nSPS) is 13.8. The predicted molar refractivity (Wildman–Crippen MR) is 93.1 cm³/mol. The summed E-state index contributed by atoms with van der Waals surface area (Å²) in [6, 6.07) is 9.22. The van der Waals surface area contributed by atoms with Gasteiger partial charge in [0, 0.05) is 18.7 Å². The lowest BCUT2D eigenvalue weighted by atomic mass is 10.1. The lowest BCUT2D eigenvalue weighted by Crippen LogP contribution is -2.29. The van der Waals surface area contributed by atoms with Crippen LogP contribution >= 0.6 is 0 Å². The average Bonchev–Trinajstić information content (AvgIpc) is 2.63. The Morgan fingerprint density at radius 3 is 2.67 bits per heavy atom. The SMILES string of the molecule is CCOc1ccc(-c2cc(C(N)=O)nc(N3CC=CCC3)n2)cc1. The number of hydrogen-bond donors (Lipinski definition) is 1. The van der Waals surface area contributed by atoms with Gasteiger partial charge in [0.25, 0.3) is 5.91 Å². The highest BCUT2D eigenvalue weighted by Crippen LogP contribution is 2.24. The highest BCUT2D eigenvalue weighted by Gasteiger charge is 2.16. The molecule has 3 rings (SSSR count). The summed E-state index contributed by atoms with van der Waals surface area (Å²) in [6.45, 7) is 4.11. The van der Waals surface area contributed by atoms with Gasteiger partial charge in [-0.25, -0.2) is 9.97 Å². The minimum absolute atomic E-state index is 0.221. The van der Waals surface area contributed by atoms with E-state index in [0.29, 0.717) is 18.2 Å². The van der Waals surface area contributed by atoms with E-state index < -0.39 is 5.91 Å². The molecular weight excluding hydrogens is 304 g/mol. The zero-order chi connectivity index (χ0) is 16.9. The van der Waals surface area contributed by atoms with Crippen molar-refractivity contribution in [3.8, 4) is 17.0 Å². The minimum Gasteiger partial charge on any atom is -0.494 e. The molecule has 0 spiro atoms. The van der Waals surface area contributed by atoms with Crippen molar-refractivity contribution in [3.05, 3.63) is 48.2 Å². The Morgan fingerprint density at radius 2 is 2.04 bits per heavy atom. The third kappa shape index (κ3) is 3.53. The molecule has 0 saturated carbocycles. The number of benzene rings is 1. The zero-order valence-electron chi connectivity index (χ0n) is 13.6. The number of hydrogen-bond acceptors (Lipinski definition) is 5. The summed E-state index contributed by atoms with van der Waals surface area (Å²) in [4.78, 5) is 22.6. The maximum absolute atomic E-state index is 11.6. The van der Waals surface area contributed by atoms with E-state index in [9.17, 15) is 4.79 Å². The largest absolute Gasteiger partial charge is 0.494 e. The van der Waals surface area contributed by atoms with Gasteiger partial charge in [0.2, 0.25) is 5.95 Å². The maximum Gasteiger partial charge on any atom is 0.267 e. The van der Waals surface area contributed by atoms with Gasteiger partial charge in [0.15, 0.2) is 0 Å². The van der Waals surface area contributed by atoms with Gasteiger partial charge < -0.3 is 15.4 Å². The molecule has 0 saturated heterocycles. The molecule has 6 nitrogen and oxygen atoms in total. The van der Waals surface area contributed by atoms with E-state index in [0.717, 1.165) is 30.8 Å². The predicted octanol–water partition coefficient (Wildman–Crippen LogP) is 2.41. The van der Waals surface area contributed by atoms with Crippen LogP contribution in [0, 0.1) is 0 Å². The molecule has 2 aromatic rings. The van der Waals surface area contributed by atoms with Gasteiger partial charge >= 0.3 is 0 Å². The van der Waals surface area contributed by atoms with Crippen LogP contribution in [0.5, 0.6) is 5.75 Å². The summed E-state index contributed by atoms with van der Waals surface area (Å²) in [5.74, 6) is 0.768. The van der Waals surface area contributed by atoms with Crippen molar-refractivity contribution in [3.63, 3.8) is 0 Å². The molecule has 6 heteroatoms. The molecule has 2 N–H and O–H groups in total. The van der Waals surface area contributed by atoms with Crippen LogP contribution in [0.2, 0.25) is 0 Å². The third-order valence-corrected chi connectivity index (χ3v) is 3.77. The lowest BCUT2D eigenvalue weighted by molar-refractivity contribution is 0.0995. The van der Waals surface area contributed by atoms with Crippen molar-refractivity contribution < 1.29 is 9.53 Å². The van der Waals surface area contributed by atoms with Gasteiger partial charge in [-0.3, -0.25) is 4.79 Å². The van der Waals surface area contributed by atoms with Crippen LogP contribution in [0.3, 0.4) is 0 Å². The Kier molecular flexibility index (Phi) is 4.74. The summed E-state index contributed by atoms with van der Waals surface area (Å²) in [5.41, 5.74) is 7.22. The lowest BCUT2D eigenvalue weighted by Gasteiger charge is -2.24. The second-order valence-corrected chi connectivity index (χ2v) is 5.47. The van der Waals surface area contributed by atoms with Crippen molar-refractivity contribution in [1.82, 2.24) is 9.97 Å². The number of amides is 1. The first kappa shape index (κ1) is 16.0. The number of primary amides is 1. The van der Waals surface area contributed by atoms with E-state index in [2.05, 4.69) is 22.1 Å². The van der Waals surface area contributed by atoms with Crippen LogP contribution in [0.25, 0.3) is 11.3 Å². The van der Waals surface area contributed by atoms with Gasteiger partial charge in [0.05, 0.1) is 12.3 Å². The van der Waals surface area contributed by atoms with Gasteiger partial charge in [-0.1, -0.05) is 12.2 Å². The molecule has 1 aliphatic heterocycles. The second-order valence-electron chi connectivity index (χ2n) is 5.47. The van der Waals surface area contributed by atoms with E-state index >= 15 is 0 Å². The quantitative estimate of drug-likeness (QED) is 0.854. The van der Waals surface area contributed by atoms with Crippen LogP contribution in [0.1, 0.15) is 23.8 Å². The molecule has 1 aliphatic rings. The van der Waals surface area contributed by atoms with E-state index in [1.165, 1.54) is 0 Å². The monoisotopic (exact) mass is 324 g/mol. The molecule has 1 amide bonds. The Hall–Kier alpha value is -2.89. The van der Waals surface area contributed by atoms with E-state index in [-0.39, 0.29) is 5.69 Å². The second kappa shape index (κ2) is 7.12. The van der Waals surface area contributed by atoms with Crippen molar-refractivity contribution in [2.75, 3.05) is 24.6 Å². The van der Waals surface area contributed by atoms with E-state index in [1.54, 1.807) is 6.07 Å². The summed E-state index contributed by atoms with van der Waals surface area (Å²) in [5, 5.41) is 0. The highest BCUT2D eigenvalue weighted by atomic mass is 16.5. The first-order valence-corrected chi connectivity index (χ1v) is 7.99. The molecule has 0 aliphatic carbocycles. The molecule has 1 aromatic heterocycles. The summed E-state index contributed by atoms with van der Waals surface area (Å²) < 4.78 is 5.45. The molecule has 0 unspecified atom stereocenters. The molecule has 124 valence electrons. The third-order valence-electron chi connectivity index (χ3n) is 3.77. The summed E-state index contributed by atoms with van der Waals surface area (Å²) in [6.07, 6.45) is 5.13. The fourth-order valence-electron chi connectivity index (χ4n) is 2.56. The molecule has 0 fully saturated rings. The fourth-order valence-corrected chi connectivity index (χ4v) is 2.56. The van der Waals surface area contributed by atoms with Crippen molar-refractivity contribution in [2.24, 2.45) is 5.73 Å². The first-order valence-electron chi connectivity index (χ1n) is 7.99. The Balaban J connectivity index is 1.98. The van der Waals surface area contributed by atoms with Crippen LogP contribution < -0.4 is 15.4 Å². The standard InChI is InChI=1S/C18H20N4O2/c1-2-24-14-8-6-13(7-9-14)15-12-16(17(19)23)21-18(20-15)22-10-4-3-5-11-22/h3-4,6-9,12H,2,5,10-11H2,1H3,(H2,19,23). The number of nitrogens with two attached hydrogens (primary N) is 1. The smallest absolute Gasteiger partial charge is 0.267 e. The topological polar surface area (TPSA) is 81.3 Å². The van der Waals surface area contributed by atoms with Crippen LogP contribution in [0.4, 0.5) is 5.95 Å². The number of carbonyl (C=O) groups excluding carboxylic acids is 1. The van der Waals surface area contributed by atoms with Crippen molar-refractivity contribution in [1.29, 1.82) is 0 Å². The molecule has 0 atom stereocenters. The van der Waals surface area contributed by atoms with Gasteiger partial charge in [-0.05, 0) is 43.7 Å². The molecule has 1 aromatic carbocycles.